The summed E-state index contributed by atoms with van der Waals surface area (Å²) in [4.78, 5) is 0. The molecule has 0 bridgehead atoms. The number of nitrogens with zero attached hydrogens (tertiary/aromatic N) is 1. The Morgan fingerprint density at radius 1 is 1.10 bits per heavy atom. The third kappa shape index (κ3) is 15.3. The molecule has 0 aromatic carbocycles. The second-order valence-corrected chi connectivity index (χ2v) is 6.68. The first kappa shape index (κ1) is 20.1. The molecule has 0 fully saturated rings. The summed E-state index contributed by atoms with van der Waals surface area (Å²) in [5, 5.41) is 0. The average Bonchev–Trinajstić information content (AvgIpc) is 2.41. The molecule has 0 atom stereocenters. The topological polar surface area (TPSA) is 61.1 Å². The van der Waals surface area contributed by atoms with Gasteiger partial charge in [0.25, 0.3) is 0 Å². The molecule has 21 heavy (non-hydrogen) atoms. The molecule has 0 spiro atoms. The minimum absolute atomic E-state index is 0.604. The van der Waals surface area contributed by atoms with Crippen LogP contribution in [0.25, 0.3) is 0 Å². The van der Waals surface area contributed by atoms with E-state index in [1.165, 1.54) is 50.6 Å². The largest absolute Gasteiger partial charge is 0.748 e. The minimum Gasteiger partial charge on any atom is -0.748 e. The number of rotatable bonds is 8. The lowest BCUT2D eigenvalue weighted by Crippen LogP contribution is -2.33. The first-order valence-corrected chi connectivity index (χ1v) is 9.57. The van der Waals surface area contributed by atoms with Crippen LogP contribution in [0.15, 0.2) is 24.5 Å². The standard InChI is InChI=1S/C15H26N.CH4O3S/c1-3-5-6-7-8-9-12-16-13-10-11-15(4-2)14-16;1-5(2,3)4/h10-11,13-14H,3-9,12H2,1-2H3;1H3,(H,2,3,4)/q+1;/p-1. The number of hydrogen-bond donors (Lipinski definition) is 0. The average molecular weight is 315 g/mol. The molecule has 1 aromatic rings. The van der Waals surface area contributed by atoms with E-state index in [0.29, 0.717) is 6.26 Å². The van der Waals surface area contributed by atoms with E-state index in [1.807, 2.05) is 0 Å². The van der Waals surface area contributed by atoms with Gasteiger partial charge in [-0.2, -0.15) is 0 Å². The van der Waals surface area contributed by atoms with Gasteiger partial charge in [0.15, 0.2) is 12.4 Å². The van der Waals surface area contributed by atoms with Crippen molar-refractivity contribution in [1.82, 2.24) is 0 Å². The molecule has 0 aliphatic heterocycles. The van der Waals surface area contributed by atoms with Crippen LogP contribution in [0.1, 0.15) is 57.9 Å². The molecular weight excluding hydrogens is 286 g/mol. The first-order valence-electron chi connectivity index (χ1n) is 7.75. The second-order valence-electron chi connectivity index (χ2n) is 5.28. The Bertz CT molecular complexity index is 464. The third-order valence-electron chi connectivity index (χ3n) is 3.10. The molecule has 0 radical (unpaired) electrons. The fourth-order valence-corrected chi connectivity index (χ4v) is 2.00. The molecule has 1 aromatic heterocycles. The van der Waals surface area contributed by atoms with Gasteiger partial charge in [-0.3, -0.25) is 0 Å². The minimum atomic E-state index is -3.92. The van der Waals surface area contributed by atoms with E-state index in [-0.39, 0.29) is 0 Å². The molecule has 122 valence electrons. The highest BCUT2D eigenvalue weighted by atomic mass is 32.2. The van der Waals surface area contributed by atoms with Crippen LogP contribution in [-0.2, 0) is 23.1 Å². The highest BCUT2D eigenvalue weighted by Gasteiger charge is 2.00. The number of aryl methyl sites for hydroxylation is 2. The van der Waals surface area contributed by atoms with Crippen molar-refractivity contribution in [3.63, 3.8) is 0 Å². The molecule has 0 aliphatic rings. The van der Waals surface area contributed by atoms with Crippen molar-refractivity contribution in [2.45, 2.75) is 65.3 Å². The fraction of sp³-hybridized carbons (Fsp3) is 0.688. The summed E-state index contributed by atoms with van der Waals surface area (Å²) in [6.45, 7) is 5.66. The quantitative estimate of drug-likeness (QED) is 0.421. The van der Waals surface area contributed by atoms with Crippen molar-refractivity contribution in [1.29, 1.82) is 0 Å². The van der Waals surface area contributed by atoms with Crippen LogP contribution in [-0.4, -0.2) is 19.2 Å². The van der Waals surface area contributed by atoms with Crippen LogP contribution in [0, 0.1) is 0 Å². The Hall–Kier alpha value is -0.940. The Morgan fingerprint density at radius 2 is 1.67 bits per heavy atom. The summed E-state index contributed by atoms with van der Waals surface area (Å²) < 4.78 is 29.6. The summed E-state index contributed by atoms with van der Waals surface area (Å²) in [5.41, 5.74) is 1.44. The maximum absolute atomic E-state index is 9.08. The molecule has 0 amide bonds. The van der Waals surface area contributed by atoms with Gasteiger partial charge in [0.2, 0.25) is 0 Å². The van der Waals surface area contributed by atoms with E-state index in [1.54, 1.807) is 0 Å². The van der Waals surface area contributed by atoms with Gasteiger partial charge in [0, 0.05) is 24.3 Å². The number of unbranched alkanes of at least 4 members (excludes halogenated alkanes) is 5. The van der Waals surface area contributed by atoms with E-state index in [4.69, 9.17) is 13.0 Å². The van der Waals surface area contributed by atoms with Crippen LogP contribution in [0.3, 0.4) is 0 Å². The van der Waals surface area contributed by atoms with E-state index in [2.05, 4.69) is 42.9 Å². The van der Waals surface area contributed by atoms with Crippen LogP contribution in [0.4, 0.5) is 0 Å². The van der Waals surface area contributed by atoms with Gasteiger partial charge in [-0.25, -0.2) is 13.0 Å². The SMILES string of the molecule is CCCCCCCC[n+]1cccc(CC)c1.CS(=O)(=O)[O-]. The molecule has 0 N–H and O–H groups in total. The maximum Gasteiger partial charge on any atom is 0.171 e. The summed E-state index contributed by atoms with van der Waals surface area (Å²) >= 11 is 0. The van der Waals surface area contributed by atoms with Gasteiger partial charge in [0.1, 0.15) is 6.54 Å². The van der Waals surface area contributed by atoms with Crippen LogP contribution < -0.4 is 4.57 Å². The summed E-state index contributed by atoms with van der Waals surface area (Å²) in [6.07, 6.45) is 14.5. The van der Waals surface area contributed by atoms with Crippen molar-refractivity contribution >= 4 is 10.1 Å². The lowest BCUT2D eigenvalue weighted by atomic mass is 10.1. The van der Waals surface area contributed by atoms with E-state index in [0.717, 1.165) is 6.42 Å². The Labute approximate surface area is 130 Å². The molecule has 0 unspecified atom stereocenters. The Kier molecular flexibility index (Phi) is 11.2. The van der Waals surface area contributed by atoms with Gasteiger partial charge < -0.3 is 4.55 Å². The van der Waals surface area contributed by atoms with Crippen LogP contribution in [0.2, 0.25) is 0 Å². The summed E-state index contributed by atoms with van der Waals surface area (Å²) in [6, 6.07) is 4.37. The number of hydrogen-bond acceptors (Lipinski definition) is 3. The molecule has 4 nitrogen and oxygen atoms in total. The van der Waals surface area contributed by atoms with Crippen molar-refractivity contribution in [2.24, 2.45) is 0 Å². The maximum atomic E-state index is 9.08. The van der Waals surface area contributed by atoms with E-state index < -0.39 is 10.1 Å². The molecule has 0 saturated heterocycles. The van der Waals surface area contributed by atoms with Crippen LogP contribution >= 0.6 is 0 Å². The third-order valence-corrected chi connectivity index (χ3v) is 3.10. The molecule has 1 rings (SSSR count). The summed E-state index contributed by atoms with van der Waals surface area (Å²) in [7, 11) is -3.92. The lowest BCUT2D eigenvalue weighted by molar-refractivity contribution is -0.697. The Morgan fingerprint density at radius 3 is 2.24 bits per heavy atom. The predicted octanol–water partition coefficient (Wildman–Crippen LogP) is 3.06. The second kappa shape index (κ2) is 11.7. The van der Waals surface area contributed by atoms with Gasteiger partial charge in [-0.05, 0) is 18.9 Å². The van der Waals surface area contributed by atoms with Crippen molar-refractivity contribution < 1.29 is 17.5 Å². The zero-order valence-electron chi connectivity index (χ0n) is 13.5. The lowest BCUT2D eigenvalue weighted by Gasteiger charge is -2.00. The van der Waals surface area contributed by atoms with Gasteiger partial charge >= 0.3 is 0 Å². The number of pyridine rings is 1. The fourth-order valence-electron chi connectivity index (χ4n) is 2.00. The summed E-state index contributed by atoms with van der Waals surface area (Å²) in [5.74, 6) is 0. The number of aromatic nitrogens is 1. The zero-order valence-corrected chi connectivity index (χ0v) is 14.4. The molecule has 0 aliphatic carbocycles. The highest BCUT2D eigenvalue weighted by Crippen LogP contribution is 2.04. The first-order chi connectivity index (χ1) is 9.86. The predicted molar refractivity (Wildman–Crippen MR) is 85.0 cm³/mol. The smallest absolute Gasteiger partial charge is 0.171 e. The highest BCUT2D eigenvalue weighted by molar-refractivity contribution is 7.84. The van der Waals surface area contributed by atoms with Crippen LogP contribution in [0.5, 0.6) is 0 Å². The molecule has 1 heterocycles. The molecule has 0 saturated carbocycles. The van der Waals surface area contributed by atoms with E-state index in [9.17, 15) is 0 Å². The zero-order chi connectivity index (χ0) is 16.1. The monoisotopic (exact) mass is 315 g/mol. The Balaban J connectivity index is 0.000000690. The molecular formula is C16H29NO3S. The van der Waals surface area contributed by atoms with Gasteiger partial charge in [-0.1, -0.05) is 39.5 Å². The van der Waals surface area contributed by atoms with Gasteiger partial charge in [0.05, 0.1) is 10.1 Å². The van der Waals surface area contributed by atoms with E-state index >= 15 is 0 Å². The van der Waals surface area contributed by atoms with Crippen molar-refractivity contribution in [2.75, 3.05) is 6.26 Å². The van der Waals surface area contributed by atoms with Gasteiger partial charge in [-0.15, -0.1) is 0 Å². The normalized spacial score (nSPS) is 10.9. The van der Waals surface area contributed by atoms with Crippen molar-refractivity contribution in [3.8, 4) is 0 Å². The molecule has 5 heteroatoms. The van der Waals surface area contributed by atoms with Crippen molar-refractivity contribution in [3.05, 3.63) is 30.1 Å².